The van der Waals surface area contributed by atoms with Gasteiger partial charge in [-0.05, 0) is 53.1 Å². The molecule has 204 valence electrons. The van der Waals surface area contributed by atoms with Crippen molar-refractivity contribution in [2.75, 3.05) is 81.4 Å². The number of nitrogens with zero attached hydrogens (tertiary/aromatic N) is 3. The Morgan fingerprint density at radius 3 is 1.26 bits per heavy atom. The molecule has 0 fully saturated rings. The van der Waals surface area contributed by atoms with Crippen LogP contribution in [0, 0.1) is 0 Å². The largest absolute Gasteiger partial charge is 0.395 e. The van der Waals surface area contributed by atoms with Crippen molar-refractivity contribution in [2.45, 2.75) is 5.92 Å². The quantitative estimate of drug-likeness (QED) is 0.245. The normalized spacial score (nSPS) is 11.3. The standard InChI is InChI=1S/C31H41N3O4/c1-32(2)28-10-3-25(4-11-28)5-16-31(26-6-12-29(13-7-26)33(17-21-35)18-22-36)27-8-14-30(15-9-27)34(19-23-37)20-24-38/h3-16,31,35-38H,17-24H2,1-2H3/b16-5+. The molecule has 4 N–H and O–H groups in total. The van der Waals surface area contributed by atoms with E-state index in [-0.39, 0.29) is 32.3 Å². The number of aliphatic hydroxyl groups is 4. The summed E-state index contributed by atoms with van der Waals surface area (Å²) < 4.78 is 0. The van der Waals surface area contributed by atoms with Gasteiger partial charge < -0.3 is 35.1 Å². The van der Waals surface area contributed by atoms with Crippen molar-refractivity contribution in [3.8, 4) is 0 Å². The number of allylic oxidation sites excluding steroid dienone is 1. The molecule has 0 aliphatic carbocycles. The summed E-state index contributed by atoms with van der Waals surface area (Å²) >= 11 is 0. The van der Waals surface area contributed by atoms with Gasteiger partial charge in [-0.25, -0.2) is 0 Å². The van der Waals surface area contributed by atoms with E-state index < -0.39 is 0 Å². The molecule has 0 aromatic heterocycles. The van der Waals surface area contributed by atoms with Crippen molar-refractivity contribution in [1.82, 2.24) is 0 Å². The summed E-state index contributed by atoms with van der Waals surface area (Å²) in [6.07, 6.45) is 4.34. The van der Waals surface area contributed by atoms with Crippen LogP contribution in [0.1, 0.15) is 22.6 Å². The summed E-state index contributed by atoms with van der Waals surface area (Å²) in [6, 6.07) is 24.9. The Bertz CT molecular complexity index is 1030. The highest BCUT2D eigenvalue weighted by Gasteiger charge is 2.14. The molecule has 0 aliphatic heterocycles. The fourth-order valence-corrected chi connectivity index (χ4v) is 4.51. The second-order valence-corrected chi connectivity index (χ2v) is 9.37. The SMILES string of the molecule is CN(C)c1ccc(/C=C/C(c2ccc(N(CCO)CCO)cc2)c2ccc(N(CCO)CCO)cc2)cc1. The maximum absolute atomic E-state index is 9.40. The van der Waals surface area contributed by atoms with Gasteiger partial charge in [-0.2, -0.15) is 0 Å². The molecule has 3 aromatic rings. The number of hydrogen-bond acceptors (Lipinski definition) is 7. The topological polar surface area (TPSA) is 90.6 Å². The Labute approximate surface area is 226 Å². The lowest BCUT2D eigenvalue weighted by atomic mass is 9.90. The number of benzene rings is 3. The van der Waals surface area contributed by atoms with E-state index in [2.05, 4.69) is 65.6 Å². The van der Waals surface area contributed by atoms with Gasteiger partial charge >= 0.3 is 0 Å². The highest BCUT2D eigenvalue weighted by atomic mass is 16.3. The first-order valence-electron chi connectivity index (χ1n) is 13.1. The Kier molecular flexibility index (Phi) is 11.6. The van der Waals surface area contributed by atoms with Gasteiger partial charge in [-0.3, -0.25) is 0 Å². The first kappa shape index (κ1) is 29.2. The molecule has 0 saturated carbocycles. The number of anilines is 3. The molecular weight excluding hydrogens is 478 g/mol. The van der Waals surface area contributed by atoms with Crippen LogP contribution in [-0.2, 0) is 0 Å². The van der Waals surface area contributed by atoms with E-state index in [1.165, 1.54) is 0 Å². The average Bonchev–Trinajstić information content (AvgIpc) is 2.94. The van der Waals surface area contributed by atoms with Crippen molar-refractivity contribution in [3.63, 3.8) is 0 Å². The van der Waals surface area contributed by atoms with Crippen LogP contribution in [0.5, 0.6) is 0 Å². The fourth-order valence-electron chi connectivity index (χ4n) is 4.51. The van der Waals surface area contributed by atoms with E-state index in [1.54, 1.807) is 0 Å². The average molecular weight is 520 g/mol. The van der Waals surface area contributed by atoms with Gasteiger partial charge in [0.05, 0.1) is 26.4 Å². The van der Waals surface area contributed by atoms with E-state index in [0.29, 0.717) is 26.2 Å². The second kappa shape index (κ2) is 15.1. The zero-order chi connectivity index (χ0) is 27.3. The summed E-state index contributed by atoms with van der Waals surface area (Å²) in [5.41, 5.74) is 6.42. The minimum absolute atomic E-state index is 0.0000995. The maximum Gasteiger partial charge on any atom is 0.0606 e. The van der Waals surface area contributed by atoms with Crippen molar-refractivity contribution in [2.24, 2.45) is 0 Å². The molecule has 0 radical (unpaired) electrons. The third-order valence-electron chi connectivity index (χ3n) is 6.60. The Morgan fingerprint density at radius 2 is 0.921 bits per heavy atom. The predicted molar refractivity (Wildman–Crippen MR) is 157 cm³/mol. The molecule has 0 saturated heterocycles. The number of hydrogen-bond donors (Lipinski definition) is 4. The molecule has 3 aromatic carbocycles. The molecule has 7 heteroatoms. The molecule has 0 bridgehead atoms. The van der Waals surface area contributed by atoms with E-state index in [1.807, 2.05) is 48.2 Å². The predicted octanol–water partition coefficient (Wildman–Crippen LogP) is 3.18. The first-order chi connectivity index (χ1) is 18.5. The highest BCUT2D eigenvalue weighted by Crippen LogP contribution is 2.30. The van der Waals surface area contributed by atoms with Crippen molar-refractivity contribution >= 4 is 23.1 Å². The minimum Gasteiger partial charge on any atom is -0.395 e. The van der Waals surface area contributed by atoms with Crippen LogP contribution in [0.2, 0.25) is 0 Å². The van der Waals surface area contributed by atoms with Crippen molar-refractivity contribution in [3.05, 3.63) is 95.6 Å². The molecule has 3 rings (SSSR count). The van der Waals surface area contributed by atoms with Crippen LogP contribution in [0.3, 0.4) is 0 Å². The van der Waals surface area contributed by atoms with E-state index >= 15 is 0 Å². The van der Waals surface area contributed by atoms with Gasteiger partial charge in [0.15, 0.2) is 0 Å². The van der Waals surface area contributed by atoms with Gasteiger partial charge in [-0.15, -0.1) is 0 Å². The number of rotatable bonds is 15. The van der Waals surface area contributed by atoms with E-state index in [0.717, 1.165) is 33.8 Å². The van der Waals surface area contributed by atoms with Crippen LogP contribution in [0.4, 0.5) is 17.1 Å². The van der Waals surface area contributed by atoms with E-state index in [9.17, 15) is 20.4 Å². The Hall–Kier alpha value is -3.36. The first-order valence-corrected chi connectivity index (χ1v) is 13.1. The molecule has 7 nitrogen and oxygen atoms in total. The smallest absolute Gasteiger partial charge is 0.0606 e. The molecule has 0 aliphatic rings. The van der Waals surface area contributed by atoms with Gasteiger partial charge in [0.2, 0.25) is 0 Å². The fraction of sp³-hybridized carbons (Fsp3) is 0.355. The summed E-state index contributed by atoms with van der Waals surface area (Å²) in [6.45, 7) is 1.95. The van der Waals surface area contributed by atoms with Gasteiger partial charge in [0.25, 0.3) is 0 Å². The van der Waals surface area contributed by atoms with E-state index in [4.69, 9.17) is 0 Å². The summed E-state index contributed by atoms with van der Waals surface area (Å²) in [5, 5.41) is 37.6. The third kappa shape index (κ3) is 8.07. The zero-order valence-corrected chi connectivity index (χ0v) is 22.4. The molecule has 0 amide bonds. The Morgan fingerprint density at radius 1 is 0.553 bits per heavy atom. The minimum atomic E-state index is -0.0000995. The van der Waals surface area contributed by atoms with Crippen molar-refractivity contribution < 1.29 is 20.4 Å². The second-order valence-electron chi connectivity index (χ2n) is 9.37. The molecule has 0 unspecified atom stereocenters. The zero-order valence-electron chi connectivity index (χ0n) is 22.4. The lowest BCUT2D eigenvalue weighted by Crippen LogP contribution is -2.29. The molecule has 0 spiro atoms. The maximum atomic E-state index is 9.40. The van der Waals surface area contributed by atoms with Crippen LogP contribution < -0.4 is 14.7 Å². The number of aliphatic hydroxyl groups excluding tert-OH is 4. The highest BCUT2D eigenvalue weighted by molar-refractivity contribution is 5.59. The van der Waals surface area contributed by atoms with Crippen LogP contribution in [-0.4, -0.2) is 87.1 Å². The van der Waals surface area contributed by atoms with Crippen LogP contribution in [0.25, 0.3) is 6.08 Å². The Balaban J connectivity index is 1.93. The molecule has 0 heterocycles. The van der Waals surface area contributed by atoms with Crippen molar-refractivity contribution in [1.29, 1.82) is 0 Å². The molecular formula is C31H41N3O4. The summed E-state index contributed by atoms with van der Waals surface area (Å²) in [4.78, 5) is 6.01. The van der Waals surface area contributed by atoms with Gasteiger partial charge in [0.1, 0.15) is 0 Å². The monoisotopic (exact) mass is 519 g/mol. The molecule has 0 atom stereocenters. The third-order valence-corrected chi connectivity index (χ3v) is 6.60. The van der Waals surface area contributed by atoms with Crippen LogP contribution in [0.15, 0.2) is 78.9 Å². The summed E-state index contributed by atoms with van der Waals surface area (Å²) in [7, 11) is 4.05. The summed E-state index contributed by atoms with van der Waals surface area (Å²) in [5.74, 6) is -0.0000995. The molecule has 38 heavy (non-hydrogen) atoms. The van der Waals surface area contributed by atoms with Crippen LogP contribution >= 0.6 is 0 Å². The lowest BCUT2D eigenvalue weighted by molar-refractivity contribution is 0.280. The lowest BCUT2D eigenvalue weighted by Gasteiger charge is -2.25. The van der Waals surface area contributed by atoms with Gasteiger partial charge in [0, 0.05) is 63.3 Å². The van der Waals surface area contributed by atoms with Gasteiger partial charge in [-0.1, -0.05) is 48.6 Å².